The van der Waals surface area contributed by atoms with Crippen LogP contribution in [0, 0.1) is 0 Å². The topological polar surface area (TPSA) is 66.5 Å². The Morgan fingerprint density at radius 3 is 3.12 bits per heavy atom. The minimum atomic E-state index is 0.673. The molecule has 2 heterocycles. The predicted molar refractivity (Wildman–Crippen MR) is 65.5 cm³/mol. The summed E-state index contributed by atoms with van der Waals surface area (Å²) < 4.78 is 0. The summed E-state index contributed by atoms with van der Waals surface area (Å²) in [5.74, 6) is 0. The van der Waals surface area contributed by atoms with Crippen LogP contribution in [0.25, 0.3) is 10.9 Å². The summed E-state index contributed by atoms with van der Waals surface area (Å²) in [6, 6.07) is 7.91. The van der Waals surface area contributed by atoms with E-state index < -0.39 is 0 Å². The van der Waals surface area contributed by atoms with Gasteiger partial charge in [-0.3, -0.25) is 5.10 Å². The van der Waals surface area contributed by atoms with E-state index in [2.05, 4.69) is 25.5 Å². The lowest BCUT2D eigenvalue weighted by molar-refractivity contribution is 1.01. The number of nitrogens with zero attached hydrogens (tertiary/aromatic N) is 3. The zero-order valence-electron chi connectivity index (χ0n) is 9.09. The third kappa shape index (κ3) is 1.94. The predicted octanol–water partition coefficient (Wildman–Crippen LogP) is 1.96. The van der Waals surface area contributed by atoms with Crippen molar-refractivity contribution in [3.63, 3.8) is 0 Å². The van der Waals surface area contributed by atoms with Crippen LogP contribution in [0.3, 0.4) is 0 Å². The van der Waals surface area contributed by atoms with Gasteiger partial charge in [0.25, 0.3) is 0 Å². The highest BCUT2D eigenvalue weighted by molar-refractivity contribution is 5.90. The summed E-state index contributed by atoms with van der Waals surface area (Å²) in [5.41, 5.74) is 3.04. The van der Waals surface area contributed by atoms with E-state index in [0.29, 0.717) is 6.54 Å². The van der Waals surface area contributed by atoms with Crippen molar-refractivity contribution in [3.8, 4) is 0 Å². The molecule has 0 saturated heterocycles. The number of anilines is 1. The maximum Gasteiger partial charge on any atom is 0.115 e. The first-order valence-electron chi connectivity index (χ1n) is 5.34. The molecule has 0 aliphatic heterocycles. The molecule has 5 heteroatoms. The van der Waals surface area contributed by atoms with Crippen LogP contribution in [0.15, 0.2) is 43.0 Å². The molecule has 0 bridgehead atoms. The first kappa shape index (κ1) is 9.77. The molecule has 0 atom stereocenters. The van der Waals surface area contributed by atoms with Crippen molar-refractivity contribution < 1.29 is 0 Å². The fourth-order valence-corrected chi connectivity index (χ4v) is 1.73. The molecule has 0 aliphatic carbocycles. The van der Waals surface area contributed by atoms with Crippen LogP contribution >= 0.6 is 0 Å². The number of hydrogen-bond donors (Lipinski definition) is 2. The summed E-state index contributed by atoms with van der Waals surface area (Å²) in [4.78, 5) is 8.05. The maximum absolute atomic E-state index is 4.16. The number of aromatic amines is 1. The number of nitrogens with one attached hydrogen (secondary N) is 2. The molecule has 84 valence electrons. The van der Waals surface area contributed by atoms with E-state index in [1.165, 1.54) is 0 Å². The van der Waals surface area contributed by atoms with Gasteiger partial charge in [-0.25, -0.2) is 9.97 Å². The molecule has 0 saturated carbocycles. The fourth-order valence-electron chi connectivity index (χ4n) is 1.73. The van der Waals surface area contributed by atoms with E-state index >= 15 is 0 Å². The van der Waals surface area contributed by atoms with Gasteiger partial charge in [-0.1, -0.05) is 6.07 Å². The van der Waals surface area contributed by atoms with Crippen molar-refractivity contribution in [1.29, 1.82) is 0 Å². The van der Waals surface area contributed by atoms with Gasteiger partial charge in [0.15, 0.2) is 0 Å². The molecule has 2 N–H and O–H groups in total. The second kappa shape index (κ2) is 4.21. The molecule has 5 nitrogen and oxygen atoms in total. The largest absolute Gasteiger partial charge is 0.379 e. The number of aromatic nitrogens is 4. The van der Waals surface area contributed by atoms with E-state index in [4.69, 9.17) is 0 Å². The Balaban J connectivity index is 1.84. The first-order chi connectivity index (χ1) is 8.43. The Hall–Kier alpha value is -2.43. The Kier molecular flexibility index (Phi) is 2.42. The average molecular weight is 225 g/mol. The average Bonchev–Trinajstić information content (AvgIpc) is 2.86. The lowest BCUT2D eigenvalue weighted by atomic mass is 10.2. The molecule has 1 aromatic carbocycles. The molecule has 3 rings (SSSR count). The summed E-state index contributed by atoms with van der Waals surface area (Å²) in [6.07, 6.45) is 5.11. The van der Waals surface area contributed by atoms with Gasteiger partial charge in [0, 0.05) is 17.3 Å². The zero-order chi connectivity index (χ0) is 11.5. The minimum absolute atomic E-state index is 0.673. The van der Waals surface area contributed by atoms with Crippen LogP contribution in [-0.2, 0) is 6.54 Å². The number of fused-ring (bicyclic) bond motifs is 1. The summed E-state index contributed by atoms with van der Waals surface area (Å²) in [7, 11) is 0. The van der Waals surface area contributed by atoms with Crippen LogP contribution in [0.5, 0.6) is 0 Å². The molecule has 17 heavy (non-hydrogen) atoms. The van der Waals surface area contributed by atoms with E-state index in [1.54, 1.807) is 12.5 Å². The van der Waals surface area contributed by atoms with Crippen molar-refractivity contribution in [2.45, 2.75) is 6.54 Å². The highest BCUT2D eigenvalue weighted by atomic mass is 15.1. The van der Waals surface area contributed by atoms with Gasteiger partial charge in [-0.2, -0.15) is 5.10 Å². The molecule has 0 spiro atoms. The van der Waals surface area contributed by atoms with Gasteiger partial charge in [-0.05, 0) is 18.2 Å². The smallest absolute Gasteiger partial charge is 0.115 e. The monoisotopic (exact) mass is 225 g/mol. The van der Waals surface area contributed by atoms with Crippen molar-refractivity contribution in [3.05, 3.63) is 48.7 Å². The van der Waals surface area contributed by atoms with Crippen LogP contribution in [0.2, 0.25) is 0 Å². The number of benzene rings is 1. The van der Waals surface area contributed by atoms with Gasteiger partial charge < -0.3 is 5.32 Å². The summed E-state index contributed by atoms with van der Waals surface area (Å²) in [6.45, 7) is 0.673. The zero-order valence-corrected chi connectivity index (χ0v) is 9.09. The molecular weight excluding hydrogens is 214 g/mol. The Morgan fingerprint density at radius 2 is 2.24 bits per heavy atom. The van der Waals surface area contributed by atoms with Crippen molar-refractivity contribution in [2.24, 2.45) is 0 Å². The molecular formula is C12H11N5. The Bertz CT molecular complexity index is 617. The lowest BCUT2D eigenvalue weighted by Crippen LogP contribution is -2.01. The van der Waals surface area contributed by atoms with Crippen molar-refractivity contribution >= 4 is 16.6 Å². The number of hydrogen-bond acceptors (Lipinski definition) is 4. The molecule has 0 unspecified atom stereocenters. The fraction of sp³-hybridized carbons (Fsp3) is 0.0833. The summed E-state index contributed by atoms with van der Waals surface area (Å²) in [5, 5.41) is 11.4. The van der Waals surface area contributed by atoms with E-state index in [0.717, 1.165) is 22.3 Å². The second-order valence-electron chi connectivity index (χ2n) is 3.69. The van der Waals surface area contributed by atoms with Crippen LogP contribution < -0.4 is 5.32 Å². The highest BCUT2D eigenvalue weighted by Gasteiger charge is 2.01. The van der Waals surface area contributed by atoms with Crippen LogP contribution in [-0.4, -0.2) is 20.2 Å². The number of H-pyrrole nitrogens is 1. The highest BCUT2D eigenvalue weighted by Crippen LogP contribution is 2.21. The van der Waals surface area contributed by atoms with E-state index in [1.807, 2.05) is 30.5 Å². The van der Waals surface area contributed by atoms with E-state index in [9.17, 15) is 0 Å². The van der Waals surface area contributed by atoms with Gasteiger partial charge in [0.05, 0.1) is 24.0 Å². The maximum atomic E-state index is 4.16. The second-order valence-corrected chi connectivity index (χ2v) is 3.69. The minimum Gasteiger partial charge on any atom is -0.379 e. The van der Waals surface area contributed by atoms with E-state index in [-0.39, 0.29) is 0 Å². The SMILES string of the molecule is c1cc(NCc2ccncn2)c2cn[nH]c2c1. The van der Waals surface area contributed by atoms with Gasteiger partial charge in [0.1, 0.15) is 6.33 Å². The molecule has 0 fully saturated rings. The molecule has 2 aromatic heterocycles. The van der Waals surface area contributed by atoms with Gasteiger partial charge >= 0.3 is 0 Å². The standard InChI is InChI=1S/C12H11N5/c1-2-11(10-7-16-17-12(10)3-1)14-6-9-4-5-13-8-15-9/h1-5,7-8,14H,6H2,(H,16,17). The summed E-state index contributed by atoms with van der Waals surface area (Å²) >= 11 is 0. The Morgan fingerprint density at radius 1 is 1.24 bits per heavy atom. The van der Waals surface area contributed by atoms with Crippen LogP contribution in [0.1, 0.15) is 5.69 Å². The number of rotatable bonds is 3. The Labute approximate surface area is 97.9 Å². The van der Waals surface area contributed by atoms with Crippen molar-refractivity contribution in [2.75, 3.05) is 5.32 Å². The first-order valence-corrected chi connectivity index (χ1v) is 5.34. The molecule has 0 aliphatic rings. The molecule has 3 aromatic rings. The molecule has 0 amide bonds. The lowest BCUT2D eigenvalue weighted by Gasteiger charge is -2.06. The van der Waals surface area contributed by atoms with Crippen LogP contribution in [0.4, 0.5) is 5.69 Å². The quantitative estimate of drug-likeness (QED) is 0.715. The third-order valence-electron chi connectivity index (χ3n) is 2.59. The van der Waals surface area contributed by atoms with Gasteiger partial charge in [0.2, 0.25) is 0 Å². The normalized spacial score (nSPS) is 10.6. The molecule has 0 radical (unpaired) electrons. The van der Waals surface area contributed by atoms with Gasteiger partial charge in [-0.15, -0.1) is 0 Å². The van der Waals surface area contributed by atoms with Crippen molar-refractivity contribution in [1.82, 2.24) is 20.2 Å². The third-order valence-corrected chi connectivity index (χ3v) is 2.59.